The minimum atomic E-state index is -0.00531. The van der Waals surface area contributed by atoms with Gasteiger partial charge in [0.1, 0.15) is 0 Å². The van der Waals surface area contributed by atoms with Crippen LogP contribution in [0.15, 0.2) is 18.3 Å². The summed E-state index contributed by atoms with van der Waals surface area (Å²) in [6.45, 7) is 6.87. The van der Waals surface area contributed by atoms with Crippen molar-refractivity contribution in [3.8, 4) is 0 Å². The Kier molecular flexibility index (Phi) is 5.99. The van der Waals surface area contributed by atoms with Gasteiger partial charge in [-0.05, 0) is 43.9 Å². The summed E-state index contributed by atoms with van der Waals surface area (Å²) in [5, 5.41) is 2.98. The molecule has 1 saturated heterocycles. The van der Waals surface area contributed by atoms with Crippen LogP contribution in [-0.2, 0) is 11.3 Å². The number of carbonyl (C=O) groups is 1. The maximum absolute atomic E-state index is 12.2. The van der Waals surface area contributed by atoms with E-state index in [1.54, 1.807) is 6.20 Å². The first-order valence-electron chi connectivity index (χ1n) is 7.75. The first-order chi connectivity index (χ1) is 10.2. The van der Waals surface area contributed by atoms with Crippen LogP contribution in [0.1, 0.15) is 37.4 Å². The van der Waals surface area contributed by atoms with Gasteiger partial charge in [0.15, 0.2) is 0 Å². The number of hydrogen-bond donors (Lipinski definition) is 1. The molecular weight excluding hydrogens is 266 g/mol. The van der Waals surface area contributed by atoms with Gasteiger partial charge in [-0.15, -0.1) is 0 Å². The second kappa shape index (κ2) is 7.98. The van der Waals surface area contributed by atoms with Crippen molar-refractivity contribution in [3.63, 3.8) is 0 Å². The Hall–Kier alpha value is -1.62. The molecule has 2 heterocycles. The van der Waals surface area contributed by atoms with Gasteiger partial charge in [-0.2, -0.15) is 0 Å². The lowest BCUT2D eigenvalue weighted by Crippen LogP contribution is -2.47. The van der Waals surface area contributed by atoms with Crippen LogP contribution in [0, 0.1) is 6.92 Å². The Labute approximate surface area is 126 Å². The second-order valence-electron chi connectivity index (χ2n) is 5.55. The summed E-state index contributed by atoms with van der Waals surface area (Å²) in [6.07, 6.45) is 5.03. The van der Waals surface area contributed by atoms with Gasteiger partial charge in [-0.3, -0.25) is 4.98 Å². The Bertz CT molecular complexity index is 465. The normalized spacial score (nSPS) is 18.6. The molecule has 116 valence electrons. The highest BCUT2D eigenvalue weighted by Crippen LogP contribution is 2.13. The van der Waals surface area contributed by atoms with Gasteiger partial charge < -0.3 is 15.0 Å². The molecule has 5 heteroatoms. The molecule has 1 atom stereocenters. The molecular formula is C16H25N3O2. The van der Waals surface area contributed by atoms with Crippen molar-refractivity contribution in [1.29, 1.82) is 0 Å². The zero-order valence-electron chi connectivity index (χ0n) is 13.0. The van der Waals surface area contributed by atoms with Crippen LogP contribution in [0.4, 0.5) is 4.79 Å². The van der Waals surface area contributed by atoms with Gasteiger partial charge in [-0.25, -0.2) is 4.79 Å². The van der Waals surface area contributed by atoms with Crippen LogP contribution in [0.5, 0.6) is 0 Å². The van der Waals surface area contributed by atoms with E-state index < -0.39 is 0 Å². The van der Waals surface area contributed by atoms with Crippen molar-refractivity contribution in [2.45, 2.75) is 45.8 Å². The van der Waals surface area contributed by atoms with Crippen LogP contribution in [0.25, 0.3) is 0 Å². The molecule has 2 rings (SSSR count). The first kappa shape index (κ1) is 15.8. The van der Waals surface area contributed by atoms with Crippen molar-refractivity contribution < 1.29 is 9.53 Å². The highest BCUT2D eigenvalue weighted by atomic mass is 16.5. The molecule has 0 saturated carbocycles. The van der Waals surface area contributed by atoms with E-state index in [1.165, 1.54) is 0 Å². The lowest BCUT2D eigenvalue weighted by atomic mass is 10.1. The maximum Gasteiger partial charge on any atom is 0.317 e. The zero-order valence-corrected chi connectivity index (χ0v) is 13.0. The van der Waals surface area contributed by atoms with Crippen molar-refractivity contribution in [2.75, 3.05) is 19.7 Å². The van der Waals surface area contributed by atoms with E-state index in [-0.39, 0.29) is 12.1 Å². The van der Waals surface area contributed by atoms with Crippen molar-refractivity contribution in [3.05, 3.63) is 29.6 Å². The molecule has 1 aromatic rings. The predicted molar refractivity (Wildman–Crippen MR) is 82.0 cm³/mol. The molecule has 5 nitrogen and oxygen atoms in total. The van der Waals surface area contributed by atoms with Gasteiger partial charge in [0, 0.05) is 38.1 Å². The van der Waals surface area contributed by atoms with Crippen molar-refractivity contribution >= 4 is 6.03 Å². The smallest absolute Gasteiger partial charge is 0.317 e. The van der Waals surface area contributed by atoms with Crippen LogP contribution in [0.2, 0.25) is 0 Å². The Morgan fingerprint density at radius 1 is 1.57 bits per heavy atom. The number of rotatable bonds is 5. The number of likely N-dealkylation sites (tertiary alicyclic amines) is 1. The average Bonchev–Trinajstić information content (AvgIpc) is 2.51. The Balaban J connectivity index is 1.79. The summed E-state index contributed by atoms with van der Waals surface area (Å²) in [5.41, 5.74) is 2.04. The first-order valence-corrected chi connectivity index (χ1v) is 7.75. The molecule has 2 amide bonds. The lowest BCUT2D eigenvalue weighted by molar-refractivity contribution is 0.0100. The number of amides is 2. The number of hydrogen-bond acceptors (Lipinski definition) is 3. The van der Waals surface area contributed by atoms with Gasteiger partial charge in [-0.1, -0.05) is 6.92 Å². The quantitative estimate of drug-likeness (QED) is 0.907. The number of ether oxygens (including phenoxy) is 1. The molecule has 1 aliphatic rings. The van der Waals surface area contributed by atoms with E-state index in [4.69, 9.17) is 4.74 Å². The number of nitrogens with one attached hydrogen (secondary N) is 1. The molecule has 1 fully saturated rings. The van der Waals surface area contributed by atoms with Crippen LogP contribution < -0.4 is 5.32 Å². The van der Waals surface area contributed by atoms with Gasteiger partial charge in [0.25, 0.3) is 0 Å². The van der Waals surface area contributed by atoms with Gasteiger partial charge in [0.05, 0.1) is 6.10 Å². The minimum Gasteiger partial charge on any atom is -0.376 e. The zero-order chi connectivity index (χ0) is 15.1. The average molecular weight is 291 g/mol. The molecule has 1 aromatic heterocycles. The number of piperidine rings is 1. The molecule has 0 aromatic carbocycles. The van der Waals surface area contributed by atoms with E-state index in [0.717, 1.165) is 43.7 Å². The summed E-state index contributed by atoms with van der Waals surface area (Å²) >= 11 is 0. The van der Waals surface area contributed by atoms with E-state index in [2.05, 4.69) is 17.2 Å². The van der Waals surface area contributed by atoms with E-state index in [9.17, 15) is 4.79 Å². The third-order valence-corrected chi connectivity index (χ3v) is 3.63. The second-order valence-corrected chi connectivity index (χ2v) is 5.55. The molecule has 0 unspecified atom stereocenters. The number of pyridine rings is 1. The third-order valence-electron chi connectivity index (χ3n) is 3.63. The fraction of sp³-hybridized carbons (Fsp3) is 0.625. The minimum absolute atomic E-state index is 0.00531. The van der Waals surface area contributed by atoms with E-state index in [1.807, 2.05) is 24.0 Å². The van der Waals surface area contributed by atoms with Crippen LogP contribution in [-0.4, -0.2) is 41.7 Å². The largest absolute Gasteiger partial charge is 0.376 e. The van der Waals surface area contributed by atoms with Crippen molar-refractivity contribution in [2.24, 2.45) is 0 Å². The molecule has 1 N–H and O–H groups in total. The lowest BCUT2D eigenvalue weighted by Gasteiger charge is -2.32. The Morgan fingerprint density at radius 3 is 3.19 bits per heavy atom. The number of nitrogens with zero attached hydrogens (tertiary/aromatic N) is 2. The Morgan fingerprint density at radius 2 is 2.43 bits per heavy atom. The standard InChI is InChI=1S/C16H25N3O2/c1-3-9-21-15-5-4-8-19(12-15)16(20)18-11-14-6-7-17-13(2)10-14/h6-7,10,15H,3-5,8-9,11-12H2,1-2H3,(H,18,20)/t15-/m1/s1. The topological polar surface area (TPSA) is 54.5 Å². The predicted octanol–water partition coefficient (Wildman–Crippen LogP) is 2.49. The summed E-state index contributed by atoms with van der Waals surface area (Å²) < 4.78 is 5.76. The van der Waals surface area contributed by atoms with Gasteiger partial charge >= 0.3 is 6.03 Å². The SMILES string of the molecule is CCCO[C@@H]1CCCN(C(=O)NCc2ccnc(C)c2)C1. The summed E-state index contributed by atoms with van der Waals surface area (Å²) in [6, 6.07) is 3.91. The fourth-order valence-electron chi connectivity index (χ4n) is 2.55. The monoisotopic (exact) mass is 291 g/mol. The number of aryl methyl sites for hydroxylation is 1. The van der Waals surface area contributed by atoms with E-state index >= 15 is 0 Å². The van der Waals surface area contributed by atoms with Gasteiger partial charge in [0.2, 0.25) is 0 Å². The molecule has 21 heavy (non-hydrogen) atoms. The molecule has 0 radical (unpaired) electrons. The fourth-order valence-corrected chi connectivity index (χ4v) is 2.55. The highest BCUT2D eigenvalue weighted by molar-refractivity contribution is 5.74. The van der Waals surface area contributed by atoms with Crippen LogP contribution in [0.3, 0.4) is 0 Å². The maximum atomic E-state index is 12.2. The number of urea groups is 1. The van der Waals surface area contributed by atoms with Crippen LogP contribution >= 0.6 is 0 Å². The number of carbonyl (C=O) groups excluding carboxylic acids is 1. The highest BCUT2D eigenvalue weighted by Gasteiger charge is 2.23. The summed E-state index contributed by atoms with van der Waals surface area (Å²) in [7, 11) is 0. The third kappa shape index (κ3) is 5.01. The number of aromatic nitrogens is 1. The summed E-state index contributed by atoms with van der Waals surface area (Å²) in [4.78, 5) is 18.2. The van der Waals surface area contributed by atoms with Crippen molar-refractivity contribution in [1.82, 2.24) is 15.2 Å². The molecule has 1 aliphatic heterocycles. The molecule has 0 aliphatic carbocycles. The molecule has 0 bridgehead atoms. The summed E-state index contributed by atoms with van der Waals surface area (Å²) in [5.74, 6) is 0. The van der Waals surface area contributed by atoms with E-state index in [0.29, 0.717) is 13.1 Å². The molecule has 0 spiro atoms.